The number of phenolic OH excluding ortho intramolecular Hbond substituents is 1. The van der Waals surface area contributed by atoms with E-state index in [-0.39, 0.29) is 5.41 Å². The molecule has 30 heavy (non-hydrogen) atoms. The number of nitrogens with one attached hydrogen (secondary N) is 1. The molecule has 0 saturated carbocycles. The van der Waals surface area contributed by atoms with Crippen LogP contribution in [0.4, 0.5) is 0 Å². The van der Waals surface area contributed by atoms with E-state index in [1.165, 1.54) is 42.2 Å². The van der Waals surface area contributed by atoms with E-state index in [0.29, 0.717) is 23.5 Å². The molecule has 1 heterocycles. The maximum atomic E-state index is 12.0. The lowest BCUT2D eigenvalue weighted by Gasteiger charge is -2.36. The van der Waals surface area contributed by atoms with Gasteiger partial charge in [-0.25, -0.2) is 0 Å². The summed E-state index contributed by atoms with van der Waals surface area (Å²) >= 11 is 0. The third-order valence-corrected chi connectivity index (χ3v) is 7.40. The fourth-order valence-electron chi connectivity index (χ4n) is 5.55. The summed E-state index contributed by atoms with van der Waals surface area (Å²) < 4.78 is 0. The Kier molecular flexibility index (Phi) is 6.29. The Balaban J connectivity index is 1.67. The lowest BCUT2D eigenvalue weighted by atomic mass is 9.69. The van der Waals surface area contributed by atoms with Crippen LogP contribution in [0.2, 0.25) is 0 Å². The molecule has 0 aromatic heterocycles. The van der Waals surface area contributed by atoms with E-state index in [4.69, 9.17) is 0 Å². The molecular formula is C27H35NO2. The summed E-state index contributed by atoms with van der Waals surface area (Å²) in [6.07, 6.45) is 7.61. The van der Waals surface area contributed by atoms with Crippen LogP contribution in [0.3, 0.4) is 0 Å². The minimum absolute atomic E-state index is 0.336. The van der Waals surface area contributed by atoms with Gasteiger partial charge in [-0.05, 0) is 91.4 Å². The van der Waals surface area contributed by atoms with E-state index in [1.54, 1.807) is 0 Å². The van der Waals surface area contributed by atoms with Crippen LogP contribution in [-0.2, 0) is 16.6 Å². The molecule has 2 aromatic rings. The van der Waals surface area contributed by atoms with Crippen LogP contribution in [0.15, 0.2) is 42.5 Å². The van der Waals surface area contributed by atoms with Crippen LogP contribution in [0.25, 0.3) is 0 Å². The van der Waals surface area contributed by atoms with Crippen molar-refractivity contribution in [1.29, 1.82) is 0 Å². The van der Waals surface area contributed by atoms with Crippen molar-refractivity contribution in [3.05, 3.63) is 64.7 Å². The largest absolute Gasteiger partial charge is 0.508 e. The van der Waals surface area contributed by atoms with Gasteiger partial charge in [0.1, 0.15) is 12.0 Å². The van der Waals surface area contributed by atoms with Gasteiger partial charge in [0.2, 0.25) is 0 Å². The van der Waals surface area contributed by atoms with Gasteiger partial charge in [-0.3, -0.25) is 0 Å². The van der Waals surface area contributed by atoms with Gasteiger partial charge in [0.05, 0.1) is 5.41 Å². The zero-order chi connectivity index (χ0) is 21.1. The molecule has 4 rings (SSSR count). The molecule has 1 saturated heterocycles. The smallest absolute Gasteiger partial charge is 0.130 e. The Morgan fingerprint density at radius 1 is 1.13 bits per heavy atom. The summed E-state index contributed by atoms with van der Waals surface area (Å²) in [4.78, 5) is 12.0. The highest BCUT2D eigenvalue weighted by Crippen LogP contribution is 2.44. The molecular weight excluding hydrogens is 370 g/mol. The second-order valence-electron chi connectivity index (χ2n) is 9.78. The van der Waals surface area contributed by atoms with Crippen LogP contribution in [-0.4, -0.2) is 24.5 Å². The minimum atomic E-state index is -0.336. The molecule has 3 nitrogen and oxygen atoms in total. The maximum absolute atomic E-state index is 12.0. The van der Waals surface area contributed by atoms with Gasteiger partial charge in [-0.1, -0.05) is 50.6 Å². The number of carbonyl (C=O) groups excluding carboxylic acids is 1. The Hall–Kier alpha value is -2.13. The predicted molar refractivity (Wildman–Crippen MR) is 122 cm³/mol. The number of fused-ring (bicyclic) bond motifs is 1. The van der Waals surface area contributed by atoms with Crippen molar-refractivity contribution in [2.45, 2.75) is 63.7 Å². The summed E-state index contributed by atoms with van der Waals surface area (Å²) in [6.45, 7) is 6.40. The maximum Gasteiger partial charge on any atom is 0.130 e. The quantitative estimate of drug-likeness (QED) is 0.638. The number of hydrogen-bond donors (Lipinski definition) is 2. The Bertz CT molecular complexity index is 865. The third kappa shape index (κ3) is 4.18. The first-order chi connectivity index (χ1) is 14.5. The second-order valence-corrected chi connectivity index (χ2v) is 9.78. The van der Waals surface area contributed by atoms with E-state index < -0.39 is 0 Å². The Morgan fingerprint density at radius 3 is 2.53 bits per heavy atom. The molecule has 0 bridgehead atoms. The summed E-state index contributed by atoms with van der Waals surface area (Å²) in [7, 11) is 0. The normalized spacial score (nSPS) is 23.2. The number of rotatable bonds is 6. The summed E-state index contributed by atoms with van der Waals surface area (Å²) in [5.41, 5.74) is 4.81. The first kappa shape index (κ1) is 21.1. The van der Waals surface area contributed by atoms with Gasteiger partial charge < -0.3 is 15.2 Å². The standard InChI is InChI=1S/C27H35NO2/c1-19(2)3-4-20-5-6-22-17-24(30)11-12-25(22)26(20)21-7-9-23(10-8-21)27(18-29)13-15-28-16-14-27/h7-12,17-20,26,28,30H,3-6,13-16H2,1-2H3/t20-,26+/m0/s1. The number of aromatic hydroxyl groups is 1. The topological polar surface area (TPSA) is 49.3 Å². The molecule has 2 aromatic carbocycles. The number of carbonyl (C=O) groups is 1. The number of phenols is 1. The molecule has 1 fully saturated rings. The van der Waals surface area contributed by atoms with Gasteiger partial charge in [-0.2, -0.15) is 0 Å². The Labute approximate surface area is 180 Å². The van der Waals surface area contributed by atoms with Gasteiger partial charge in [0.25, 0.3) is 0 Å². The molecule has 2 aliphatic rings. The molecule has 3 heteroatoms. The lowest BCUT2D eigenvalue weighted by Crippen LogP contribution is -2.41. The fourth-order valence-corrected chi connectivity index (χ4v) is 5.55. The SMILES string of the molecule is CC(C)CC[C@H]1CCc2cc(O)ccc2[C@H]1c1ccc(C2(C=O)CCNCC2)cc1. The predicted octanol–water partition coefficient (Wildman–Crippen LogP) is 5.34. The summed E-state index contributed by atoms with van der Waals surface area (Å²) in [6, 6.07) is 14.8. The van der Waals surface area contributed by atoms with Crippen molar-refractivity contribution in [1.82, 2.24) is 5.32 Å². The van der Waals surface area contributed by atoms with Crippen molar-refractivity contribution in [2.75, 3.05) is 13.1 Å². The van der Waals surface area contributed by atoms with Crippen molar-refractivity contribution in [3.63, 3.8) is 0 Å². The van der Waals surface area contributed by atoms with Crippen LogP contribution in [0.5, 0.6) is 5.75 Å². The van der Waals surface area contributed by atoms with Gasteiger partial charge in [0, 0.05) is 5.92 Å². The summed E-state index contributed by atoms with van der Waals surface area (Å²) in [5, 5.41) is 13.4. The molecule has 160 valence electrons. The number of hydrogen-bond acceptors (Lipinski definition) is 3. The highest BCUT2D eigenvalue weighted by molar-refractivity contribution is 5.69. The first-order valence-corrected chi connectivity index (χ1v) is 11.6. The lowest BCUT2D eigenvalue weighted by molar-refractivity contribution is -0.113. The number of aldehydes is 1. The van der Waals surface area contributed by atoms with Crippen molar-refractivity contribution >= 4 is 6.29 Å². The molecule has 0 radical (unpaired) electrons. The van der Waals surface area contributed by atoms with Gasteiger partial charge in [-0.15, -0.1) is 0 Å². The molecule has 0 spiro atoms. The van der Waals surface area contributed by atoms with Crippen molar-refractivity contribution in [2.24, 2.45) is 11.8 Å². The van der Waals surface area contributed by atoms with Crippen LogP contribution in [0, 0.1) is 11.8 Å². The van der Waals surface area contributed by atoms with E-state index in [1.807, 2.05) is 12.1 Å². The molecule has 2 N–H and O–H groups in total. The molecule has 0 unspecified atom stereocenters. The number of aryl methyl sites for hydroxylation is 1. The molecule has 0 amide bonds. The monoisotopic (exact) mass is 405 g/mol. The van der Waals surface area contributed by atoms with E-state index in [0.717, 1.165) is 37.9 Å². The van der Waals surface area contributed by atoms with Crippen LogP contribution >= 0.6 is 0 Å². The highest BCUT2D eigenvalue weighted by atomic mass is 16.3. The highest BCUT2D eigenvalue weighted by Gasteiger charge is 2.35. The number of piperidine rings is 1. The zero-order valence-corrected chi connectivity index (χ0v) is 18.4. The van der Waals surface area contributed by atoms with Gasteiger partial charge in [0.15, 0.2) is 0 Å². The summed E-state index contributed by atoms with van der Waals surface area (Å²) in [5.74, 6) is 2.06. The van der Waals surface area contributed by atoms with E-state index in [9.17, 15) is 9.90 Å². The van der Waals surface area contributed by atoms with Crippen molar-refractivity contribution in [3.8, 4) is 5.75 Å². The van der Waals surface area contributed by atoms with E-state index >= 15 is 0 Å². The zero-order valence-electron chi connectivity index (χ0n) is 18.4. The average molecular weight is 406 g/mol. The molecule has 1 aliphatic carbocycles. The fraction of sp³-hybridized carbons (Fsp3) is 0.519. The van der Waals surface area contributed by atoms with Crippen LogP contribution < -0.4 is 5.32 Å². The molecule has 2 atom stereocenters. The van der Waals surface area contributed by atoms with E-state index in [2.05, 4.69) is 49.5 Å². The Morgan fingerprint density at radius 2 is 1.87 bits per heavy atom. The second kappa shape index (κ2) is 8.93. The first-order valence-electron chi connectivity index (χ1n) is 11.6. The van der Waals surface area contributed by atoms with Crippen LogP contribution in [0.1, 0.15) is 74.1 Å². The minimum Gasteiger partial charge on any atom is -0.508 e. The van der Waals surface area contributed by atoms with Gasteiger partial charge >= 0.3 is 0 Å². The third-order valence-electron chi connectivity index (χ3n) is 7.40. The molecule has 1 aliphatic heterocycles. The average Bonchev–Trinajstić information content (AvgIpc) is 2.77. The van der Waals surface area contributed by atoms with Crippen molar-refractivity contribution < 1.29 is 9.90 Å². The number of benzene rings is 2.